The minimum Gasteiger partial charge on any atom is -0.364 e. The molecule has 3 rings (SSSR count). The number of carbonyl (C=O) groups is 2. The Labute approximate surface area is 159 Å². The highest BCUT2D eigenvalue weighted by Crippen LogP contribution is 2.37. The number of nitrogens with zero attached hydrogens (tertiary/aromatic N) is 3. The van der Waals surface area contributed by atoms with Crippen molar-refractivity contribution in [3.8, 4) is 0 Å². The van der Waals surface area contributed by atoms with E-state index in [1.54, 1.807) is 19.0 Å². The first-order valence-electron chi connectivity index (χ1n) is 9.19. The zero-order chi connectivity index (χ0) is 19.9. The second kappa shape index (κ2) is 7.15. The Morgan fingerprint density at radius 2 is 1.89 bits per heavy atom. The van der Waals surface area contributed by atoms with Gasteiger partial charge in [0.2, 0.25) is 0 Å². The molecule has 1 aliphatic heterocycles. The third-order valence-corrected chi connectivity index (χ3v) is 4.99. The molecule has 0 aliphatic carbocycles. The summed E-state index contributed by atoms with van der Waals surface area (Å²) in [6.07, 6.45) is 0. The van der Waals surface area contributed by atoms with Crippen molar-refractivity contribution in [2.75, 3.05) is 20.6 Å². The van der Waals surface area contributed by atoms with Gasteiger partial charge in [0.15, 0.2) is 5.69 Å². The van der Waals surface area contributed by atoms with Crippen LogP contribution in [-0.2, 0) is 0 Å². The van der Waals surface area contributed by atoms with Gasteiger partial charge < -0.3 is 16.0 Å². The summed E-state index contributed by atoms with van der Waals surface area (Å²) in [4.78, 5) is 25.8. The topological polar surface area (TPSA) is 93.2 Å². The number of fused-ring (bicyclic) bond motifs is 1. The lowest BCUT2D eigenvalue weighted by molar-refractivity contribution is 0.0827. The molecule has 2 amide bonds. The Morgan fingerprint density at radius 1 is 1.26 bits per heavy atom. The van der Waals surface area contributed by atoms with E-state index in [9.17, 15) is 9.59 Å². The molecule has 2 unspecified atom stereocenters. The number of carbonyl (C=O) groups excluding carboxylic acids is 2. The molecule has 0 spiro atoms. The van der Waals surface area contributed by atoms with Gasteiger partial charge in [-0.1, -0.05) is 19.1 Å². The number of benzene rings is 1. The van der Waals surface area contributed by atoms with Gasteiger partial charge in [0, 0.05) is 49.4 Å². The summed E-state index contributed by atoms with van der Waals surface area (Å²) in [5.74, 6) is -0.349. The van der Waals surface area contributed by atoms with Crippen LogP contribution < -0.4 is 11.1 Å². The molecule has 144 valence electrons. The third-order valence-electron chi connectivity index (χ3n) is 4.99. The highest BCUT2D eigenvalue weighted by molar-refractivity contribution is 5.94. The molecule has 0 saturated carbocycles. The monoisotopic (exact) mass is 369 g/mol. The van der Waals surface area contributed by atoms with Crippen LogP contribution in [0.15, 0.2) is 24.3 Å². The molecular formula is C20H27N5O2. The average molecular weight is 369 g/mol. The lowest BCUT2D eigenvalue weighted by Gasteiger charge is -2.30. The molecule has 2 aromatic rings. The fourth-order valence-corrected chi connectivity index (χ4v) is 3.67. The Morgan fingerprint density at radius 3 is 2.41 bits per heavy atom. The zero-order valence-electron chi connectivity index (χ0n) is 16.5. The van der Waals surface area contributed by atoms with Crippen molar-refractivity contribution in [3.05, 3.63) is 52.3 Å². The summed E-state index contributed by atoms with van der Waals surface area (Å²) in [6.45, 7) is 6.98. The average Bonchev–Trinajstić information content (AvgIpc) is 3.03. The molecule has 2 atom stereocenters. The first kappa shape index (κ1) is 19.1. The summed E-state index contributed by atoms with van der Waals surface area (Å²) >= 11 is 0. The summed E-state index contributed by atoms with van der Waals surface area (Å²) in [5.41, 5.74) is 9.46. The minimum absolute atomic E-state index is 0.0436. The number of hydrogen-bond donors (Lipinski definition) is 2. The SMILES string of the molecule is CC1CNC(c2ccc(C(=O)N(C)C)cc2)c2c(C(N)=O)nn(C(C)C)c21. The van der Waals surface area contributed by atoms with Crippen LogP contribution in [0, 0.1) is 0 Å². The number of amides is 2. The third kappa shape index (κ3) is 3.35. The quantitative estimate of drug-likeness (QED) is 0.863. The van der Waals surface area contributed by atoms with E-state index in [0.29, 0.717) is 11.3 Å². The Bertz CT molecular complexity index is 867. The maximum atomic E-state index is 12.1. The van der Waals surface area contributed by atoms with E-state index in [1.165, 1.54) is 0 Å². The van der Waals surface area contributed by atoms with Crippen molar-refractivity contribution in [2.24, 2.45) is 5.73 Å². The van der Waals surface area contributed by atoms with Crippen LogP contribution in [0.2, 0.25) is 0 Å². The predicted molar refractivity (Wildman–Crippen MR) is 104 cm³/mol. The van der Waals surface area contributed by atoms with E-state index < -0.39 is 5.91 Å². The van der Waals surface area contributed by atoms with Crippen molar-refractivity contribution in [1.29, 1.82) is 0 Å². The predicted octanol–water partition coefficient (Wildman–Crippen LogP) is 2.06. The van der Waals surface area contributed by atoms with Gasteiger partial charge in [0.1, 0.15) is 0 Å². The first-order valence-corrected chi connectivity index (χ1v) is 9.19. The molecule has 1 aromatic carbocycles. The van der Waals surface area contributed by atoms with E-state index in [-0.39, 0.29) is 23.9 Å². The molecule has 2 heterocycles. The van der Waals surface area contributed by atoms with Crippen LogP contribution >= 0.6 is 0 Å². The van der Waals surface area contributed by atoms with Gasteiger partial charge in [-0.3, -0.25) is 14.3 Å². The fourth-order valence-electron chi connectivity index (χ4n) is 3.67. The Balaban J connectivity index is 2.09. The van der Waals surface area contributed by atoms with E-state index >= 15 is 0 Å². The molecule has 1 aromatic heterocycles. The molecule has 0 radical (unpaired) electrons. The maximum absolute atomic E-state index is 12.1. The summed E-state index contributed by atoms with van der Waals surface area (Å²) < 4.78 is 1.91. The molecule has 1 aliphatic rings. The second-order valence-corrected chi connectivity index (χ2v) is 7.61. The minimum atomic E-state index is -0.522. The number of rotatable bonds is 4. The number of nitrogens with two attached hydrogens (primary N) is 1. The Hall–Kier alpha value is -2.67. The van der Waals surface area contributed by atoms with E-state index in [0.717, 1.165) is 23.4 Å². The lowest BCUT2D eigenvalue weighted by Crippen LogP contribution is -2.34. The fraction of sp³-hybridized carbons (Fsp3) is 0.450. The molecule has 7 nitrogen and oxygen atoms in total. The number of aromatic nitrogens is 2. The number of hydrogen-bond acceptors (Lipinski definition) is 4. The van der Waals surface area contributed by atoms with Crippen molar-refractivity contribution >= 4 is 11.8 Å². The molecular weight excluding hydrogens is 342 g/mol. The van der Waals surface area contributed by atoms with Gasteiger partial charge in [-0.05, 0) is 31.5 Å². The second-order valence-electron chi connectivity index (χ2n) is 7.61. The van der Waals surface area contributed by atoms with Crippen LogP contribution in [0.3, 0.4) is 0 Å². The van der Waals surface area contributed by atoms with Crippen molar-refractivity contribution in [1.82, 2.24) is 20.0 Å². The zero-order valence-corrected chi connectivity index (χ0v) is 16.5. The molecule has 0 fully saturated rings. The summed E-state index contributed by atoms with van der Waals surface area (Å²) in [5, 5.41) is 8.03. The standard InChI is InChI=1S/C20H27N5O2/c1-11(2)25-18-12(3)10-22-16(15(18)17(23-25)19(21)26)13-6-8-14(9-7-13)20(27)24(4)5/h6-9,11-12,16,22H,10H2,1-5H3,(H2,21,26). The van der Waals surface area contributed by atoms with Crippen molar-refractivity contribution in [3.63, 3.8) is 0 Å². The van der Waals surface area contributed by atoms with Crippen LogP contribution in [0.5, 0.6) is 0 Å². The van der Waals surface area contributed by atoms with Crippen LogP contribution in [0.25, 0.3) is 0 Å². The normalized spacial score (nSPS) is 19.0. The van der Waals surface area contributed by atoms with E-state index in [4.69, 9.17) is 5.73 Å². The van der Waals surface area contributed by atoms with Crippen molar-refractivity contribution < 1.29 is 9.59 Å². The van der Waals surface area contributed by atoms with Gasteiger partial charge in [-0.15, -0.1) is 0 Å². The van der Waals surface area contributed by atoms with Crippen LogP contribution in [-0.4, -0.2) is 47.1 Å². The number of primary amides is 1. The summed E-state index contributed by atoms with van der Waals surface area (Å²) in [6, 6.07) is 7.42. The van der Waals surface area contributed by atoms with Crippen LogP contribution in [0.1, 0.15) is 76.4 Å². The summed E-state index contributed by atoms with van der Waals surface area (Å²) in [7, 11) is 3.46. The highest BCUT2D eigenvalue weighted by Gasteiger charge is 2.35. The molecule has 0 bridgehead atoms. The maximum Gasteiger partial charge on any atom is 0.269 e. The molecule has 7 heteroatoms. The molecule has 0 saturated heterocycles. The molecule has 3 N–H and O–H groups in total. The number of nitrogens with one attached hydrogen (secondary N) is 1. The van der Waals surface area contributed by atoms with Gasteiger partial charge in [-0.2, -0.15) is 5.10 Å². The van der Waals surface area contributed by atoms with Crippen LogP contribution in [0.4, 0.5) is 0 Å². The first-order chi connectivity index (χ1) is 12.7. The van der Waals surface area contributed by atoms with Crippen molar-refractivity contribution in [2.45, 2.75) is 38.8 Å². The highest BCUT2D eigenvalue weighted by atomic mass is 16.2. The van der Waals surface area contributed by atoms with Gasteiger partial charge in [0.05, 0.1) is 6.04 Å². The van der Waals surface area contributed by atoms with Gasteiger partial charge in [-0.25, -0.2) is 0 Å². The molecule has 27 heavy (non-hydrogen) atoms. The smallest absolute Gasteiger partial charge is 0.269 e. The van der Waals surface area contributed by atoms with Gasteiger partial charge in [0.25, 0.3) is 11.8 Å². The van der Waals surface area contributed by atoms with E-state index in [1.807, 2.05) is 42.8 Å². The van der Waals surface area contributed by atoms with Gasteiger partial charge >= 0.3 is 0 Å². The Kier molecular flexibility index (Phi) is 5.06. The largest absolute Gasteiger partial charge is 0.364 e. The van der Waals surface area contributed by atoms with E-state index in [2.05, 4.69) is 17.3 Å². The lowest BCUT2D eigenvalue weighted by atomic mass is 9.87.